The van der Waals surface area contributed by atoms with Crippen molar-refractivity contribution in [3.05, 3.63) is 47.7 Å². The first-order chi connectivity index (χ1) is 10.1. The number of aryl methyl sites for hydroxylation is 1. The quantitative estimate of drug-likeness (QED) is 0.879. The van der Waals surface area contributed by atoms with E-state index in [0.717, 1.165) is 17.8 Å². The highest BCUT2D eigenvalue weighted by atomic mass is 16.5. The van der Waals surface area contributed by atoms with Gasteiger partial charge in [-0.05, 0) is 30.7 Å². The van der Waals surface area contributed by atoms with E-state index in [1.54, 1.807) is 7.11 Å². The van der Waals surface area contributed by atoms with E-state index < -0.39 is 0 Å². The van der Waals surface area contributed by atoms with Crippen molar-refractivity contribution in [2.45, 2.75) is 33.4 Å². The van der Waals surface area contributed by atoms with Crippen molar-refractivity contribution in [2.24, 2.45) is 0 Å². The molecule has 0 amide bonds. The van der Waals surface area contributed by atoms with Gasteiger partial charge in [0.25, 0.3) is 0 Å². The number of ether oxygens (including phenoxy) is 2. The number of rotatable bonds is 6. The maximum absolute atomic E-state index is 5.84. The number of hydrogen-bond acceptors (Lipinski definition) is 4. The Morgan fingerprint density at radius 3 is 2.67 bits per heavy atom. The van der Waals surface area contributed by atoms with E-state index in [2.05, 4.69) is 24.1 Å². The van der Waals surface area contributed by atoms with Gasteiger partial charge in [0.05, 0.1) is 12.8 Å². The summed E-state index contributed by atoms with van der Waals surface area (Å²) >= 11 is 0. The predicted octanol–water partition coefficient (Wildman–Crippen LogP) is 3.69. The summed E-state index contributed by atoms with van der Waals surface area (Å²) < 4.78 is 11.2. The minimum absolute atomic E-state index is 0.425. The molecule has 0 atom stereocenters. The third-order valence-electron chi connectivity index (χ3n) is 3.01. The molecule has 2 rings (SSSR count). The van der Waals surface area contributed by atoms with E-state index in [9.17, 15) is 0 Å². The summed E-state index contributed by atoms with van der Waals surface area (Å²) in [6.07, 6.45) is 0. The van der Waals surface area contributed by atoms with Crippen LogP contribution in [0.25, 0.3) is 0 Å². The van der Waals surface area contributed by atoms with E-state index >= 15 is 0 Å². The highest BCUT2D eigenvalue weighted by Crippen LogP contribution is 2.31. The molecule has 0 unspecified atom stereocenters. The predicted molar refractivity (Wildman–Crippen MR) is 84.0 cm³/mol. The van der Waals surface area contributed by atoms with Crippen LogP contribution in [0, 0.1) is 6.92 Å². The minimum atomic E-state index is 0.425. The molecule has 2 aromatic rings. The van der Waals surface area contributed by atoms with Crippen molar-refractivity contribution in [3.8, 4) is 17.4 Å². The van der Waals surface area contributed by atoms with Gasteiger partial charge in [-0.15, -0.1) is 0 Å². The smallest absolute Gasteiger partial charge is 0.219 e. The second-order valence-corrected chi connectivity index (χ2v) is 5.26. The van der Waals surface area contributed by atoms with Gasteiger partial charge >= 0.3 is 0 Å². The Morgan fingerprint density at radius 1 is 1.14 bits per heavy atom. The van der Waals surface area contributed by atoms with E-state index in [0.29, 0.717) is 23.4 Å². The Hall–Kier alpha value is -2.07. The van der Waals surface area contributed by atoms with Crippen LogP contribution in [0.4, 0.5) is 0 Å². The zero-order valence-corrected chi connectivity index (χ0v) is 13.0. The van der Waals surface area contributed by atoms with Crippen molar-refractivity contribution in [2.75, 3.05) is 7.11 Å². The van der Waals surface area contributed by atoms with Crippen LogP contribution in [0.15, 0.2) is 36.4 Å². The molecule has 0 bridgehead atoms. The first-order valence-electron chi connectivity index (χ1n) is 7.10. The Bertz CT molecular complexity index is 597. The molecule has 112 valence electrons. The van der Waals surface area contributed by atoms with Crippen molar-refractivity contribution in [1.82, 2.24) is 10.3 Å². The third kappa shape index (κ3) is 4.46. The topological polar surface area (TPSA) is 43.4 Å². The van der Waals surface area contributed by atoms with Gasteiger partial charge in [-0.1, -0.05) is 26.0 Å². The summed E-state index contributed by atoms with van der Waals surface area (Å²) in [5, 5.41) is 3.34. The van der Waals surface area contributed by atoms with Crippen LogP contribution in [0.2, 0.25) is 0 Å². The molecule has 1 aromatic carbocycles. The number of nitrogens with one attached hydrogen (secondary N) is 1. The molecular formula is C17H22N2O2. The van der Waals surface area contributed by atoms with Gasteiger partial charge in [0.15, 0.2) is 11.5 Å². The van der Waals surface area contributed by atoms with Gasteiger partial charge in [0.2, 0.25) is 5.88 Å². The lowest BCUT2D eigenvalue weighted by molar-refractivity contribution is 0.373. The molecule has 4 nitrogen and oxygen atoms in total. The van der Waals surface area contributed by atoms with Crippen molar-refractivity contribution in [1.29, 1.82) is 0 Å². The maximum Gasteiger partial charge on any atom is 0.219 e. The van der Waals surface area contributed by atoms with Crippen LogP contribution in [-0.4, -0.2) is 18.1 Å². The molecule has 4 heteroatoms. The monoisotopic (exact) mass is 286 g/mol. The molecule has 0 saturated carbocycles. The average molecular weight is 286 g/mol. The van der Waals surface area contributed by atoms with Crippen molar-refractivity contribution >= 4 is 0 Å². The molecule has 0 saturated heterocycles. The summed E-state index contributed by atoms with van der Waals surface area (Å²) in [6.45, 7) is 6.96. The number of nitrogens with zero attached hydrogens (tertiary/aromatic N) is 1. The van der Waals surface area contributed by atoms with Crippen molar-refractivity contribution < 1.29 is 9.47 Å². The maximum atomic E-state index is 5.84. The highest BCUT2D eigenvalue weighted by molar-refractivity contribution is 5.44. The highest BCUT2D eigenvalue weighted by Gasteiger charge is 2.07. The Kier molecular flexibility index (Phi) is 5.17. The Morgan fingerprint density at radius 2 is 1.95 bits per heavy atom. The largest absolute Gasteiger partial charge is 0.493 e. The summed E-state index contributed by atoms with van der Waals surface area (Å²) in [4.78, 5) is 4.50. The molecule has 0 radical (unpaired) electrons. The first kappa shape index (κ1) is 15.3. The van der Waals surface area contributed by atoms with Gasteiger partial charge in [0.1, 0.15) is 0 Å². The molecule has 0 aliphatic carbocycles. The summed E-state index contributed by atoms with van der Waals surface area (Å²) in [7, 11) is 1.64. The van der Waals surface area contributed by atoms with Crippen LogP contribution in [0.5, 0.6) is 17.4 Å². The lowest BCUT2D eigenvalue weighted by atomic mass is 10.2. The Balaban J connectivity index is 2.14. The van der Waals surface area contributed by atoms with Gasteiger partial charge in [0, 0.05) is 18.7 Å². The summed E-state index contributed by atoms with van der Waals surface area (Å²) in [6, 6.07) is 12.0. The lowest BCUT2D eigenvalue weighted by Gasteiger charge is -2.12. The van der Waals surface area contributed by atoms with Crippen LogP contribution >= 0.6 is 0 Å². The fraction of sp³-hybridized carbons (Fsp3) is 0.353. The molecule has 1 N–H and O–H groups in total. The van der Waals surface area contributed by atoms with Crippen molar-refractivity contribution in [3.63, 3.8) is 0 Å². The molecule has 1 heterocycles. The zero-order valence-electron chi connectivity index (χ0n) is 13.0. The number of aromatic nitrogens is 1. The first-order valence-corrected chi connectivity index (χ1v) is 7.10. The third-order valence-corrected chi connectivity index (χ3v) is 3.01. The zero-order chi connectivity index (χ0) is 15.2. The Labute approximate surface area is 126 Å². The standard InChI is InChI=1S/C17H22N2O2/c1-12(2)18-11-14-6-5-7-17(19-14)21-15-9-8-13(3)10-16(15)20-4/h5-10,12,18H,11H2,1-4H3. The number of methoxy groups -OCH3 is 1. The second kappa shape index (κ2) is 7.09. The van der Waals surface area contributed by atoms with Gasteiger partial charge in [-0.3, -0.25) is 0 Å². The van der Waals surface area contributed by atoms with Crippen LogP contribution in [0.1, 0.15) is 25.1 Å². The van der Waals surface area contributed by atoms with E-state index in [-0.39, 0.29) is 0 Å². The molecular weight excluding hydrogens is 264 g/mol. The average Bonchev–Trinajstić information content (AvgIpc) is 2.47. The summed E-state index contributed by atoms with van der Waals surface area (Å²) in [5.74, 6) is 1.95. The molecule has 21 heavy (non-hydrogen) atoms. The van der Waals surface area contributed by atoms with Crippen LogP contribution < -0.4 is 14.8 Å². The van der Waals surface area contributed by atoms with Gasteiger partial charge in [-0.2, -0.15) is 0 Å². The molecule has 1 aromatic heterocycles. The molecule has 0 spiro atoms. The second-order valence-electron chi connectivity index (χ2n) is 5.26. The number of pyridine rings is 1. The van der Waals surface area contributed by atoms with Gasteiger partial charge < -0.3 is 14.8 Å². The minimum Gasteiger partial charge on any atom is -0.493 e. The molecule has 0 fully saturated rings. The number of benzene rings is 1. The van der Waals surface area contributed by atoms with Crippen LogP contribution in [0.3, 0.4) is 0 Å². The lowest BCUT2D eigenvalue weighted by Crippen LogP contribution is -2.22. The van der Waals surface area contributed by atoms with E-state index in [1.807, 2.05) is 43.3 Å². The fourth-order valence-electron chi connectivity index (χ4n) is 1.89. The number of hydrogen-bond donors (Lipinski definition) is 1. The normalized spacial score (nSPS) is 10.7. The van der Waals surface area contributed by atoms with Gasteiger partial charge in [-0.25, -0.2) is 4.98 Å². The molecule has 0 aliphatic rings. The fourth-order valence-corrected chi connectivity index (χ4v) is 1.89. The van der Waals surface area contributed by atoms with E-state index in [1.165, 1.54) is 0 Å². The summed E-state index contributed by atoms with van der Waals surface area (Å²) in [5.41, 5.74) is 2.08. The van der Waals surface area contributed by atoms with Crippen LogP contribution in [-0.2, 0) is 6.54 Å². The van der Waals surface area contributed by atoms with E-state index in [4.69, 9.17) is 9.47 Å². The molecule has 0 aliphatic heterocycles. The SMILES string of the molecule is COc1cc(C)ccc1Oc1cccc(CNC(C)C)n1.